The minimum absolute atomic E-state index is 0.00790. The molecule has 5 rings (SSSR count). The van der Waals surface area contributed by atoms with Crippen LogP contribution in [0.3, 0.4) is 0 Å². The molecule has 1 fully saturated rings. The zero-order valence-electron chi connectivity index (χ0n) is 18.2. The lowest BCUT2D eigenvalue weighted by Gasteiger charge is -2.13. The molecule has 9 nitrogen and oxygen atoms in total. The minimum atomic E-state index is -0.242. The molecule has 1 aliphatic heterocycles. The molecule has 32 heavy (non-hydrogen) atoms. The lowest BCUT2D eigenvalue weighted by atomic mass is 10.1. The van der Waals surface area contributed by atoms with Crippen LogP contribution in [-0.2, 0) is 4.84 Å². The number of nitrogens with zero attached hydrogens (tertiary/aromatic N) is 2. The summed E-state index contributed by atoms with van der Waals surface area (Å²) in [6.07, 6.45) is 5.51. The fourth-order valence-corrected chi connectivity index (χ4v) is 3.70. The van der Waals surface area contributed by atoms with Gasteiger partial charge in [-0.1, -0.05) is 0 Å². The molecule has 1 atom stereocenters. The summed E-state index contributed by atoms with van der Waals surface area (Å²) in [7, 11) is 1.63. The molecule has 1 saturated carbocycles. The maximum absolute atomic E-state index is 13.1. The highest BCUT2D eigenvalue weighted by atomic mass is 16.7. The van der Waals surface area contributed by atoms with E-state index in [-0.39, 0.29) is 17.5 Å². The van der Waals surface area contributed by atoms with Crippen molar-refractivity contribution < 1.29 is 18.8 Å². The van der Waals surface area contributed by atoms with Crippen LogP contribution in [0.1, 0.15) is 41.4 Å². The van der Waals surface area contributed by atoms with Gasteiger partial charge >= 0.3 is 0 Å². The number of carbonyl (C=O) groups excluding carboxylic acids is 1. The monoisotopic (exact) mass is 435 g/mol. The third-order valence-electron chi connectivity index (χ3n) is 5.84. The highest BCUT2D eigenvalue weighted by molar-refractivity contribution is 6.10. The average Bonchev–Trinajstić information content (AvgIpc) is 3.20. The average molecular weight is 435 g/mol. The molecule has 2 aromatic heterocycles. The highest BCUT2D eigenvalue weighted by Crippen LogP contribution is 2.40. The molecule has 3 aromatic rings. The number of nitrogens with one attached hydrogen (secondary N) is 3. The fourth-order valence-electron chi connectivity index (χ4n) is 3.70. The largest absolute Gasteiger partial charge is 0.497 e. The van der Waals surface area contributed by atoms with Gasteiger partial charge in [0.2, 0.25) is 5.71 Å². The van der Waals surface area contributed by atoms with E-state index in [2.05, 4.69) is 33.0 Å². The first-order valence-electron chi connectivity index (χ1n) is 10.5. The number of fused-ring (bicyclic) bond motifs is 1. The molecule has 0 spiro atoms. The van der Waals surface area contributed by atoms with Crippen LogP contribution in [0.15, 0.2) is 41.1 Å². The molecule has 0 bridgehead atoms. The Morgan fingerprint density at radius 2 is 2.06 bits per heavy atom. The van der Waals surface area contributed by atoms with Gasteiger partial charge < -0.3 is 24.6 Å². The van der Waals surface area contributed by atoms with Crippen LogP contribution < -0.4 is 20.9 Å². The van der Waals surface area contributed by atoms with E-state index in [1.54, 1.807) is 14.0 Å². The van der Waals surface area contributed by atoms with Crippen molar-refractivity contribution in [2.45, 2.75) is 38.3 Å². The van der Waals surface area contributed by atoms with E-state index < -0.39 is 0 Å². The Morgan fingerprint density at radius 1 is 1.28 bits per heavy atom. The summed E-state index contributed by atoms with van der Waals surface area (Å²) in [4.78, 5) is 27.3. The Bertz CT molecular complexity index is 1200. The van der Waals surface area contributed by atoms with Crippen molar-refractivity contribution in [1.82, 2.24) is 20.8 Å². The van der Waals surface area contributed by atoms with E-state index in [1.165, 1.54) is 6.33 Å². The second-order valence-electron chi connectivity index (χ2n) is 8.42. The Balaban J connectivity index is 1.31. The van der Waals surface area contributed by atoms with Crippen LogP contribution in [0.2, 0.25) is 0 Å². The topological polar surface area (TPSA) is 111 Å². The van der Waals surface area contributed by atoms with E-state index >= 15 is 0 Å². The Labute approximate surface area is 185 Å². The van der Waals surface area contributed by atoms with E-state index in [0.29, 0.717) is 40.5 Å². The predicted molar refractivity (Wildman–Crippen MR) is 119 cm³/mol. The Kier molecular flexibility index (Phi) is 4.97. The molecule has 3 heterocycles. The number of hydroxylamine groups is 1. The van der Waals surface area contributed by atoms with Gasteiger partial charge in [0.15, 0.2) is 5.76 Å². The van der Waals surface area contributed by atoms with E-state index in [0.717, 1.165) is 24.2 Å². The third kappa shape index (κ3) is 3.87. The van der Waals surface area contributed by atoms with Crippen LogP contribution in [0.25, 0.3) is 16.9 Å². The number of rotatable bonds is 7. The molecule has 0 saturated heterocycles. The van der Waals surface area contributed by atoms with Gasteiger partial charge in [0, 0.05) is 17.6 Å². The molecule has 1 amide bonds. The molecule has 166 valence electrons. The first-order chi connectivity index (χ1) is 15.5. The summed E-state index contributed by atoms with van der Waals surface area (Å²) >= 11 is 0. The summed E-state index contributed by atoms with van der Waals surface area (Å²) < 4.78 is 10.9. The number of ether oxygens (including phenoxy) is 1. The predicted octanol–water partition coefficient (Wildman–Crippen LogP) is 3.18. The first-order valence-corrected chi connectivity index (χ1v) is 10.5. The zero-order chi connectivity index (χ0) is 22.3. The summed E-state index contributed by atoms with van der Waals surface area (Å²) in [6.45, 7) is 4.24. The summed E-state index contributed by atoms with van der Waals surface area (Å²) in [5.74, 6) is 2.37. The van der Waals surface area contributed by atoms with Gasteiger partial charge in [-0.25, -0.2) is 9.97 Å². The smallest absolute Gasteiger partial charge is 0.255 e. The summed E-state index contributed by atoms with van der Waals surface area (Å²) in [5.41, 5.74) is 4.72. The lowest BCUT2D eigenvalue weighted by molar-refractivity contribution is 0.0941. The molecular weight excluding hydrogens is 410 g/mol. The normalized spacial score (nSPS) is 18.7. The standard InChI is InChI=1S/C23H25N5O4/c1-13-18(19-20(27-23(2)8-9-23)25-12-26-22(19)31-13)21(29)24-11-15-10-17(32-28-15)14-4-6-16(30-3)7-5-14/h4-7,10,12,15,28H,8-9,11H2,1-3H3,(H,24,29)(H,25,26,27). The number of furan rings is 1. The second-order valence-corrected chi connectivity index (χ2v) is 8.42. The Hall–Kier alpha value is -3.59. The number of amides is 1. The summed E-state index contributed by atoms with van der Waals surface area (Å²) in [6, 6.07) is 7.41. The molecule has 1 unspecified atom stereocenters. The number of methoxy groups -OCH3 is 1. The maximum atomic E-state index is 13.1. The van der Waals surface area contributed by atoms with Gasteiger partial charge in [-0.2, -0.15) is 0 Å². The van der Waals surface area contributed by atoms with Crippen LogP contribution in [0.5, 0.6) is 5.75 Å². The lowest BCUT2D eigenvalue weighted by Crippen LogP contribution is -2.37. The molecule has 1 aliphatic carbocycles. The van der Waals surface area contributed by atoms with Crippen molar-refractivity contribution in [2.24, 2.45) is 0 Å². The van der Waals surface area contributed by atoms with Crippen LogP contribution in [-0.4, -0.2) is 41.1 Å². The van der Waals surface area contributed by atoms with Crippen molar-refractivity contribution in [3.63, 3.8) is 0 Å². The first kappa shape index (κ1) is 20.3. The van der Waals surface area contributed by atoms with Gasteiger partial charge in [0.1, 0.15) is 23.7 Å². The summed E-state index contributed by atoms with van der Waals surface area (Å²) in [5, 5.41) is 7.01. The number of hydrogen-bond acceptors (Lipinski definition) is 8. The fraction of sp³-hybridized carbons (Fsp3) is 0.348. The third-order valence-corrected chi connectivity index (χ3v) is 5.84. The molecule has 0 radical (unpaired) electrons. The van der Waals surface area contributed by atoms with Gasteiger partial charge in [-0.3, -0.25) is 4.79 Å². The SMILES string of the molecule is COc1ccc(C2=CC(CNC(=O)c3c(C)oc4ncnc(NC5(C)CC5)c34)NO2)cc1. The minimum Gasteiger partial charge on any atom is -0.497 e. The molecule has 9 heteroatoms. The quantitative estimate of drug-likeness (QED) is 0.519. The van der Waals surface area contributed by atoms with Crippen LogP contribution >= 0.6 is 0 Å². The van der Waals surface area contributed by atoms with Gasteiger partial charge in [0.25, 0.3) is 5.91 Å². The number of benzene rings is 1. The number of anilines is 1. The van der Waals surface area contributed by atoms with Crippen LogP contribution in [0.4, 0.5) is 5.82 Å². The number of aryl methyl sites for hydroxylation is 1. The molecule has 3 N–H and O–H groups in total. The van der Waals surface area contributed by atoms with Crippen molar-refractivity contribution >= 4 is 28.6 Å². The van der Waals surface area contributed by atoms with Gasteiger partial charge in [-0.05, 0) is 57.0 Å². The second kappa shape index (κ2) is 7.83. The van der Waals surface area contributed by atoms with Crippen molar-refractivity contribution in [3.05, 3.63) is 53.6 Å². The number of aromatic nitrogens is 2. The number of hydrogen-bond donors (Lipinski definition) is 3. The van der Waals surface area contributed by atoms with Gasteiger partial charge in [-0.15, -0.1) is 5.48 Å². The maximum Gasteiger partial charge on any atom is 0.255 e. The van der Waals surface area contributed by atoms with Crippen LogP contribution in [0, 0.1) is 6.92 Å². The van der Waals surface area contributed by atoms with E-state index in [4.69, 9.17) is 14.0 Å². The zero-order valence-corrected chi connectivity index (χ0v) is 18.2. The molecule has 1 aromatic carbocycles. The molecule has 2 aliphatic rings. The van der Waals surface area contributed by atoms with Crippen molar-refractivity contribution in [1.29, 1.82) is 0 Å². The molecular formula is C23H25N5O4. The van der Waals surface area contributed by atoms with Gasteiger partial charge in [0.05, 0.1) is 24.1 Å². The van der Waals surface area contributed by atoms with E-state index in [1.807, 2.05) is 30.3 Å². The number of carbonyl (C=O) groups is 1. The van der Waals surface area contributed by atoms with Crippen molar-refractivity contribution in [3.8, 4) is 5.75 Å². The van der Waals surface area contributed by atoms with E-state index in [9.17, 15) is 4.79 Å². The Morgan fingerprint density at radius 3 is 2.78 bits per heavy atom. The highest BCUT2D eigenvalue weighted by Gasteiger charge is 2.38. The van der Waals surface area contributed by atoms with Crippen molar-refractivity contribution in [2.75, 3.05) is 19.0 Å².